The SMILES string of the molecule is Cc1ccc(-n2cccc2[C@H]2[C@@H](c3ccccn3)N=C3S[C@@H](C)CN32)nc1. The van der Waals surface area contributed by atoms with Crippen LogP contribution >= 0.6 is 11.8 Å². The van der Waals surface area contributed by atoms with Gasteiger partial charge in [-0.3, -0.25) is 9.98 Å². The van der Waals surface area contributed by atoms with E-state index in [9.17, 15) is 0 Å². The van der Waals surface area contributed by atoms with E-state index in [0.29, 0.717) is 5.25 Å². The highest BCUT2D eigenvalue weighted by Gasteiger charge is 2.44. The van der Waals surface area contributed by atoms with Gasteiger partial charge in [0.05, 0.1) is 11.7 Å². The van der Waals surface area contributed by atoms with E-state index in [1.807, 2.05) is 36.3 Å². The Kier molecular flexibility index (Phi) is 4.01. The minimum atomic E-state index is 0.000276. The second kappa shape index (κ2) is 6.53. The summed E-state index contributed by atoms with van der Waals surface area (Å²) in [5.74, 6) is 0.939. The number of thioether (sulfide) groups is 1. The fourth-order valence-corrected chi connectivity index (χ4v) is 4.98. The molecular formula is C21H21N5S. The number of pyridine rings is 2. The smallest absolute Gasteiger partial charge is 0.160 e. The van der Waals surface area contributed by atoms with Gasteiger partial charge in [-0.25, -0.2) is 4.98 Å². The summed E-state index contributed by atoms with van der Waals surface area (Å²) in [4.78, 5) is 16.8. The second-order valence-electron chi connectivity index (χ2n) is 7.13. The number of hydrogen-bond donors (Lipinski definition) is 0. The van der Waals surface area contributed by atoms with E-state index in [0.717, 1.165) is 28.8 Å². The molecule has 0 spiro atoms. The molecule has 0 bridgehead atoms. The number of fused-ring (bicyclic) bond motifs is 1. The Hall–Kier alpha value is -2.60. The van der Waals surface area contributed by atoms with Gasteiger partial charge in [-0.15, -0.1) is 0 Å². The number of hydrogen-bond acceptors (Lipinski definition) is 5. The Bertz CT molecular complexity index is 979. The van der Waals surface area contributed by atoms with E-state index in [1.165, 1.54) is 5.69 Å². The maximum atomic E-state index is 5.07. The van der Waals surface area contributed by atoms with Crippen molar-refractivity contribution in [2.24, 2.45) is 4.99 Å². The lowest BCUT2D eigenvalue weighted by molar-refractivity contribution is 0.312. The van der Waals surface area contributed by atoms with Crippen LogP contribution in [0.15, 0.2) is 66.0 Å². The monoisotopic (exact) mass is 375 g/mol. The molecule has 5 rings (SSSR count). The van der Waals surface area contributed by atoms with Crippen LogP contribution in [-0.2, 0) is 0 Å². The van der Waals surface area contributed by atoms with Gasteiger partial charge >= 0.3 is 0 Å². The molecule has 1 saturated heterocycles. The molecule has 5 heterocycles. The van der Waals surface area contributed by atoms with Gasteiger partial charge in [-0.2, -0.15) is 0 Å². The first-order valence-corrected chi connectivity index (χ1v) is 10.1. The van der Waals surface area contributed by atoms with E-state index in [1.54, 1.807) is 0 Å². The van der Waals surface area contributed by atoms with E-state index >= 15 is 0 Å². The van der Waals surface area contributed by atoms with Crippen LogP contribution in [0.25, 0.3) is 5.82 Å². The molecule has 5 nitrogen and oxygen atoms in total. The van der Waals surface area contributed by atoms with Gasteiger partial charge in [0.2, 0.25) is 0 Å². The highest BCUT2D eigenvalue weighted by Crippen LogP contribution is 2.47. The Morgan fingerprint density at radius 1 is 1.07 bits per heavy atom. The van der Waals surface area contributed by atoms with Crippen LogP contribution in [0.5, 0.6) is 0 Å². The molecular weight excluding hydrogens is 354 g/mol. The van der Waals surface area contributed by atoms with Gasteiger partial charge in [-0.05, 0) is 42.8 Å². The lowest BCUT2D eigenvalue weighted by Gasteiger charge is -2.28. The van der Waals surface area contributed by atoms with Crippen LogP contribution in [0.2, 0.25) is 0 Å². The first-order valence-electron chi connectivity index (χ1n) is 9.23. The van der Waals surface area contributed by atoms with Crippen molar-refractivity contribution < 1.29 is 0 Å². The molecule has 3 aromatic heterocycles. The average Bonchev–Trinajstić information content (AvgIpc) is 3.37. The van der Waals surface area contributed by atoms with Crippen LogP contribution < -0.4 is 0 Å². The summed E-state index contributed by atoms with van der Waals surface area (Å²) in [5, 5.41) is 1.68. The summed E-state index contributed by atoms with van der Waals surface area (Å²) >= 11 is 1.86. The molecule has 3 aromatic rings. The van der Waals surface area contributed by atoms with Crippen LogP contribution in [0.4, 0.5) is 0 Å². The maximum absolute atomic E-state index is 5.07. The zero-order valence-corrected chi connectivity index (χ0v) is 16.2. The molecule has 136 valence electrons. The van der Waals surface area contributed by atoms with Crippen LogP contribution in [0, 0.1) is 6.92 Å². The largest absolute Gasteiger partial charge is 0.339 e. The Morgan fingerprint density at radius 2 is 2.00 bits per heavy atom. The predicted octanol–water partition coefficient (Wildman–Crippen LogP) is 4.17. The summed E-state index contributed by atoms with van der Waals surface area (Å²) in [6.07, 6.45) is 5.86. The van der Waals surface area contributed by atoms with E-state index in [2.05, 4.69) is 69.8 Å². The molecule has 3 atom stereocenters. The molecule has 2 aliphatic rings. The zero-order chi connectivity index (χ0) is 18.4. The Balaban J connectivity index is 1.60. The van der Waals surface area contributed by atoms with Gasteiger partial charge in [0.1, 0.15) is 11.9 Å². The van der Waals surface area contributed by atoms with Crippen LogP contribution in [0.1, 0.15) is 36.0 Å². The van der Waals surface area contributed by atoms with Crippen molar-refractivity contribution >= 4 is 16.9 Å². The number of nitrogens with zero attached hydrogens (tertiary/aromatic N) is 5. The van der Waals surface area contributed by atoms with Crippen molar-refractivity contribution in [3.05, 3.63) is 78.0 Å². The average molecular weight is 376 g/mol. The van der Waals surface area contributed by atoms with E-state index in [4.69, 9.17) is 4.99 Å². The highest BCUT2D eigenvalue weighted by molar-refractivity contribution is 8.14. The number of rotatable bonds is 3. The number of aromatic nitrogens is 3. The van der Waals surface area contributed by atoms with Crippen molar-refractivity contribution in [3.63, 3.8) is 0 Å². The van der Waals surface area contributed by atoms with Gasteiger partial charge in [0.25, 0.3) is 0 Å². The zero-order valence-electron chi connectivity index (χ0n) is 15.4. The Labute approximate surface area is 163 Å². The Morgan fingerprint density at radius 3 is 2.78 bits per heavy atom. The fraction of sp³-hybridized carbons (Fsp3) is 0.286. The third-order valence-electron chi connectivity index (χ3n) is 5.11. The van der Waals surface area contributed by atoms with Crippen molar-refractivity contribution in [2.45, 2.75) is 31.2 Å². The molecule has 2 aliphatic heterocycles. The summed E-state index contributed by atoms with van der Waals surface area (Å²) in [6.45, 7) is 5.33. The molecule has 6 heteroatoms. The van der Waals surface area contributed by atoms with Crippen molar-refractivity contribution in [1.29, 1.82) is 0 Å². The maximum Gasteiger partial charge on any atom is 0.160 e. The lowest BCUT2D eigenvalue weighted by atomic mass is 10.0. The van der Waals surface area contributed by atoms with Gasteiger partial charge < -0.3 is 9.47 Å². The summed E-state index contributed by atoms with van der Waals surface area (Å²) in [5.41, 5.74) is 3.38. The third kappa shape index (κ3) is 2.84. The normalized spacial score (nSPS) is 24.1. The number of amidine groups is 1. The second-order valence-corrected chi connectivity index (χ2v) is 8.54. The molecule has 0 N–H and O–H groups in total. The minimum absolute atomic E-state index is 0.000276. The third-order valence-corrected chi connectivity index (χ3v) is 6.21. The van der Waals surface area contributed by atoms with Crippen LogP contribution in [0.3, 0.4) is 0 Å². The summed E-state index contributed by atoms with van der Waals surface area (Å²) in [6, 6.07) is 14.7. The molecule has 1 fully saturated rings. The van der Waals surface area contributed by atoms with Crippen molar-refractivity contribution in [1.82, 2.24) is 19.4 Å². The molecule has 0 aliphatic carbocycles. The van der Waals surface area contributed by atoms with E-state index < -0.39 is 0 Å². The predicted molar refractivity (Wildman–Crippen MR) is 109 cm³/mol. The lowest BCUT2D eigenvalue weighted by Crippen LogP contribution is -2.30. The number of aryl methyl sites for hydroxylation is 1. The summed E-state index contributed by atoms with van der Waals surface area (Å²) in [7, 11) is 0. The minimum Gasteiger partial charge on any atom is -0.339 e. The van der Waals surface area contributed by atoms with Crippen LogP contribution in [-0.4, -0.2) is 36.4 Å². The fourth-order valence-electron chi connectivity index (χ4n) is 3.88. The molecule has 0 unspecified atom stereocenters. The number of aliphatic imine (C=N–C) groups is 1. The topological polar surface area (TPSA) is 46.3 Å². The first-order chi connectivity index (χ1) is 13.2. The van der Waals surface area contributed by atoms with Gasteiger partial charge in [0.15, 0.2) is 5.17 Å². The standard InChI is InChI=1S/C21H21N5S/c1-14-8-9-18(23-12-14)25-11-5-7-17(25)20-19(16-6-3-4-10-22-16)24-21-26(20)13-15(2)27-21/h3-12,15,19-20H,13H2,1-2H3/t15-,19+,20-/m0/s1. The quantitative estimate of drug-likeness (QED) is 0.689. The molecule has 0 saturated carbocycles. The summed E-state index contributed by atoms with van der Waals surface area (Å²) < 4.78 is 2.19. The molecule has 0 aromatic carbocycles. The molecule has 0 amide bonds. The molecule has 27 heavy (non-hydrogen) atoms. The highest BCUT2D eigenvalue weighted by atomic mass is 32.2. The van der Waals surface area contributed by atoms with Crippen molar-refractivity contribution in [3.8, 4) is 5.82 Å². The first kappa shape index (κ1) is 16.6. The van der Waals surface area contributed by atoms with E-state index in [-0.39, 0.29) is 12.1 Å². The van der Waals surface area contributed by atoms with Gasteiger partial charge in [-0.1, -0.05) is 30.8 Å². The van der Waals surface area contributed by atoms with Crippen molar-refractivity contribution in [2.75, 3.05) is 6.54 Å². The van der Waals surface area contributed by atoms with Gasteiger partial charge in [0, 0.05) is 36.1 Å². The molecule has 0 radical (unpaired) electrons.